The van der Waals surface area contributed by atoms with Crippen LogP contribution in [0.5, 0.6) is 0 Å². The van der Waals surface area contributed by atoms with E-state index in [0.717, 1.165) is 10.4 Å². The molecule has 3 amide bonds. The van der Waals surface area contributed by atoms with E-state index in [1.54, 1.807) is 23.0 Å². The van der Waals surface area contributed by atoms with Crippen LogP contribution >= 0.6 is 11.3 Å². The summed E-state index contributed by atoms with van der Waals surface area (Å²) in [4.78, 5) is 33.4. The molecule has 1 fully saturated rings. The van der Waals surface area contributed by atoms with Crippen LogP contribution in [0.1, 0.15) is 33.6 Å². The van der Waals surface area contributed by atoms with Crippen molar-refractivity contribution in [3.8, 4) is 10.4 Å². The third-order valence-corrected chi connectivity index (χ3v) is 6.02. The number of ether oxygens (including phenoxy) is 1. The SMILES string of the molecule is CN(C(=O)OC1CCN(C(=O)Nc2ncc(-c3ccccc3)s2)CC1)C(C)(C)C. The number of rotatable bonds is 3. The lowest BCUT2D eigenvalue weighted by Crippen LogP contribution is -2.47. The molecule has 3 rings (SSSR count). The number of benzene rings is 1. The van der Waals surface area contributed by atoms with Crippen LogP contribution in [0.4, 0.5) is 14.7 Å². The van der Waals surface area contributed by atoms with E-state index in [1.165, 1.54) is 11.3 Å². The summed E-state index contributed by atoms with van der Waals surface area (Å²) in [5, 5.41) is 3.45. The van der Waals surface area contributed by atoms with E-state index in [1.807, 2.05) is 51.1 Å². The molecule has 0 spiro atoms. The van der Waals surface area contributed by atoms with Crippen molar-refractivity contribution in [2.75, 3.05) is 25.5 Å². The van der Waals surface area contributed by atoms with Crippen molar-refractivity contribution in [2.24, 2.45) is 0 Å². The van der Waals surface area contributed by atoms with Gasteiger partial charge in [-0.05, 0) is 26.3 Å². The van der Waals surface area contributed by atoms with Gasteiger partial charge in [0, 0.05) is 44.7 Å². The van der Waals surface area contributed by atoms with Crippen molar-refractivity contribution >= 4 is 28.6 Å². The first-order chi connectivity index (χ1) is 13.7. The monoisotopic (exact) mass is 416 g/mol. The van der Waals surface area contributed by atoms with Gasteiger partial charge >= 0.3 is 12.1 Å². The maximum atomic E-state index is 12.5. The Labute approximate surface area is 175 Å². The molecule has 2 heterocycles. The Balaban J connectivity index is 1.48. The van der Waals surface area contributed by atoms with Gasteiger partial charge in [0.2, 0.25) is 0 Å². The van der Waals surface area contributed by atoms with E-state index >= 15 is 0 Å². The van der Waals surface area contributed by atoms with Gasteiger partial charge in [0.05, 0.1) is 4.88 Å². The van der Waals surface area contributed by atoms with E-state index in [9.17, 15) is 9.59 Å². The second kappa shape index (κ2) is 8.82. The molecule has 0 bridgehead atoms. The molecule has 1 aliphatic heterocycles. The van der Waals surface area contributed by atoms with Crippen LogP contribution in [-0.2, 0) is 4.74 Å². The van der Waals surface area contributed by atoms with Crippen LogP contribution in [0.2, 0.25) is 0 Å². The molecule has 1 aromatic heterocycles. The molecule has 0 radical (unpaired) electrons. The number of nitrogens with one attached hydrogen (secondary N) is 1. The predicted molar refractivity (Wildman–Crippen MR) is 115 cm³/mol. The van der Waals surface area contributed by atoms with Gasteiger partial charge in [-0.15, -0.1) is 0 Å². The number of amides is 3. The van der Waals surface area contributed by atoms with Gasteiger partial charge in [0.25, 0.3) is 0 Å². The van der Waals surface area contributed by atoms with Crippen LogP contribution in [0.25, 0.3) is 10.4 Å². The summed E-state index contributed by atoms with van der Waals surface area (Å²) in [6.45, 7) is 6.97. The molecule has 1 aromatic carbocycles. The Morgan fingerprint density at radius 2 is 1.86 bits per heavy atom. The van der Waals surface area contributed by atoms with Gasteiger partial charge < -0.3 is 14.5 Å². The molecule has 1 N–H and O–H groups in total. The molecule has 29 heavy (non-hydrogen) atoms. The van der Waals surface area contributed by atoms with Gasteiger partial charge in [-0.3, -0.25) is 5.32 Å². The van der Waals surface area contributed by atoms with Crippen molar-refractivity contribution in [3.63, 3.8) is 0 Å². The smallest absolute Gasteiger partial charge is 0.410 e. The van der Waals surface area contributed by atoms with Crippen molar-refractivity contribution in [1.29, 1.82) is 0 Å². The molecule has 8 heteroatoms. The highest BCUT2D eigenvalue weighted by atomic mass is 32.1. The summed E-state index contributed by atoms with van der Waals surface area (Å²) in [5.41, 5.74) is 0.789. The highest BCUT2D eigenvalue weighted by Crippen LogP contribution is 2.29. The largest absolute Gasteiger partial charge is 0.446 e. The van der Waals surface area contributed by atoms with Gasteiger partial charge in [-0.2, -0.15) is 0 Å². The number of piperidine rings is 1. The normalized spacial score (nSPS) is 15.1. The predicted octanol–water partition coefficient (Wildman–Crippen LogP) is 4.67. The second-order valence-electron chi connectivity index (χ2n) is 8.13. The van der Waals surface area contributed by atoms with Gasteiger partial charge in [0.15, 0.2) is 5.13 Å². The average molecular weight is 417 g/mol. The summed E-state index contributed by atoms with van der Waals surface area (Å²) in [6, 6.07) is 9.78. The van der Waals surface area contributed by atoms with E-state index < -0.39 is 0 Å². The maximum Gasteiger partial charge on any atom is 0.410 e. The van der Waals surface area contributed by atoms with Crippen LogP contribution in [0, 0.1) is 0 Å². The first kappa shape index (κ1) is 21.1. The minimum absolute atomic E-state index is 0.166. The Morgan fingerprint density at radius 1 is 1.21 bits per heavy atom. The fraction of sp³-hybridized carbons (Fsp3) is 0.476. The fourth-order valence-corrected chi connectivity index (χ4v) is 3.72. The first-order valence-electron chi connectivity index (χ1n) is 9.75. The summed E-state index contributed by atoms with van der Waals surface area (Å²) < 4.78 is 5.60. The number of hydrogen-bond donors (Lipinski definition) is 1. The van der Waals surface area contributed by atoms with E-state index in [0.29, 0.717) is 31.1 Å². The molecule has 7 nitrogen and oxygen atoms in total. The van der Waals surface area contributed by atoms with Crippen molar-refractivity contribution < 1.29 is 14.3 Å². The topological polar surface area (TPSA) is 74.8 Å². The molecule has 1 aliphatic rings. The summed E-state index contributed by atoms with van der Waals surface area (Å²) in [7, 11) is 1.74. The number of urea groups is 1. The van der Waals surface area contributed by atoms with Crippen molar-refractivity contribution in [3.05, 3.63) is 36.5 Å². The molecule has 0 aliphatic carbocycles. The number of nitrogens with zero attached hydrogens (tertiary/aromatic N) is 3. The number of thiazole rings is 1. The fourth-order valence-electron chi connectivity index (χ4n) is 2.91. The first-order valence-corrected chi connectivity index (χ1v) is 10.6. The number of anilines is 1. The molecule has 0 saturated carbocycles. The highest BCUT2D eigenvalue weighted by Gasteiger charge is 2.29. The van der Waals surface area contributed by atoms with E-state index in [2.05, 4.69) is 10.3 Å². The molecular weight excluding hydrogens is 388 g/mol. The van der Waals surface area contributed by atoms with E-state index in [4.69, 9.17) is 4.74 Å². The Morgan fingerprint density at radius 3 is 2.48 bits per heavy atom. The van der Waals surface area contributed by atoms with Crippen LogP contribution in [-0.4, -0.2) is 58.7 Å². The van der Waals surface area contributed by atoms with Crippen LogP contribution < -0.4 is 5.32 Å². The molecule has 156 valence electrons. The quantitative estimate of drug-likeness (QED) is 0.789. The highest BCUT2D eigenvalue weighted by molar-refractivity contribution is 7.19. The molecular formula is C21H28N4O3S. The summed E-state index contributed by atoms with van der Waals surface area (Å²) in [5.74, 6) is 0. The lowest BCUT2D eigenvalue weighted by atomic mass is 10.1. The molecule has 0 atom stereocenters. The average Bonchev–Trinajstić information content (AvgIpc) is 3.16. The molecule has 1 saturated heterocycles. The standard InChI is InChI=1S/C21H28N4O3S/c1-21(2,3)24(4)20(27)28-16-10-12-25(13-11-16)19(26)23-18-22-14-17(29-18)15-8-6-5-7-9-15/h5-9,14,16H,10-13H2,1-4H3,(H,22,23,26). The van der Waals surface area contributed by atoms with E-state index in [-0.39, 0.29) is 23.8 Å². The summed E-state index contributed by atoms with van der Waals surface area (Å²) in [6.07, 6.45) is 2.54. The number of carbonyl (C=O) groups excluding carboxylic acids is 2. The number of aromatic nitrogens is 1. The van der Waals surface area contributed by atoms with Crippen molar-refractivity contribution in [1.82, 2.24) is 14.8 Å². The van der Waals surface area contributed by atoms with Crippen molar-refractivity contribution in [2.45, 2.75) is 45.3 Å². The Kier molecular flexibility index (Phi) is 6.42. The number of carbonyl (C=O) groups is 2. The molecule has 0 unspecified atom stereocenters. The third-order valence-electron chi connectivity index (χ3n) is 5.05. The minimum atomic E-state index is -0.323. The lowest BCUT2D eigenvalue weighted by Gasteiger charge is -2.35. The van der Waals surface area contributed by atoms with Gasteiger partial charge in [-0.25, -0.2) is 14.6 Å². The zero-order chi connectivity index (χ0) is 21.0. The Bertz CT molecular complexity index is 839. The number of likely N-dealkylation sites (tertiary alicyclic amines) is 1. The molecule has 2 aromatic rings. The third kappa shape index (κ3) is 5.47. The Hall–Kier alpha value is -2.61. The van der Waals surface area contributed by atoms with Gasteiger partial charge in [0.1, 0.15) is 6.10 Å². The second-order valence-corrected chi connectivity index (χ2v) is 9.16. The van der Waals surface area contributed by atoms with Crippen LogP contribution in [0.15, 0.2) is 36.5 Å². The number of hydrogen-bond acceptors (Lipinski definition) is 5. The maximum absolute atomic E-state index is 12.5. The van der Waals surface area contributed by atoms with Gasteiger partial charge in [-0.1, -0.05) is 41.7 Å². The lowest BCUT2D eigenvalue weighted by molar-refractivity contribution is 0.0249. The van der Waals surface area contributed by atoms with Crippen LogP contribution in [0.3, 0.4) is 0 Å². The minimum Gasteiger partial charge on any atom is -0.446 e. The zero-order valence-electron chi connectivity index (χ0n) is 17.3. The summed E-state index contributed by atoms with van der Waals surface area (Å²) >= 11 is 1.45. The zero-order valence-corrected chi connectivity index (χ0v) is 18.2.